The van der Waals surface area contributed by atoms with E-state index in [-0.39, 0.29) is 30.0 Å². The van der Waals surface area contributed by atoms with Gasteiger partial charge in [-0.25, -0.2) is 4.39 Å². The van der Waals surface area contributed by atoms with Gasteiger partial charge in [-0.1, -0.05) is 49.4 Å². The number of carbonyl (C=O) groups is 2. The summed E-state index contributed by atoms with van der Waals surface area (Å²) in [7, 11) is 1.61. The Morgan fingerprint density at radius 1 is 1.05 bits per heavy atom. The van der Waals surface area contributed by atoms with E-state index in [0.29, 0.717) is 52.3 Å². The maximum absolute atomic E-state index is 14.7. The average molecular weight is 568 g/mol. The van der Waals surface area contributed by atoms with Gasteiger partial charge in [-0.05, 0) is 55.0 Å². The third kappa shape index (κ3) is 9.46. The van der Waals surface area contributed by atoms with Crippen LogP contribution in [-0.2, 0) is 31.9 Å². The number of benzene rings is 2. The van der Waals surface area contributed by atoms with Crippen molar-refractivity contribution < 1.29 is 28.2 Å². The quantitative estimate of drug-likeness (QED) is 0.320. The Kier molecular flexibility index (Phi) is 11.0. The van der Waals surface area contributed by atoms with Crippen molar-refractivity contribution in [3.63, 3.8) is 0 Å². The molecule has 4 rings (SSSR count). The molecule has 2 aliphatic rings. The van der Waals surface area contributed by atoms with E-state index in [1.54, 1.807) is 20.1 Å². The minimum Gasteiger partial charge on any atom is -0.497 e. The molecule has 2 saturated heterocycles. The molecule has 0 aromatic heterocycles. The third-order valence-electron chi connectivity index (χ3n) is 7.56. The van der Waals surface area contributed by atoms with E-state index in [0.717, 1.165) is 16.9 Å². The van der Waals surface area contributed by atoms with Gasteiger partial charge in [0, 0.05) is 19.6 Å². The molecule has 2 aromatic rings. The van der Waals surface area contributed by atoms with E-state index in [9.17, 15) is 14.0 Å². The van der Waals surface area contributed by atoms with Crippen LogP contribution in [0.1, 0.15) is 25.0 Å². The van der Waals surface area contributed by atoms with Gasteiger partial charge >= 0.3 is 0 Å². The van der Waals surface area contributed by atoms with Crippen LogP contribution in [0.5, 0.6) is 5.75 Å². The fraction of sp³-hybridized carbons (Fsp3) is 0.500. The van der Waals surface area contributed by atoms with Crippen molar-refractivity contribution in [1.82, 2.24) is 15.5 Å². The molecule has 0 aliphatic carbocycles. The molecule has 0 spiro atoms. The number of ether oxygens (including phenoxy) is 3. The lowest BCUT2D eigenvalue weighted by Crippen LogP contribution is -2.54. The number of hydrogen-bond donors (Lipinski definition) is 2. The maximum atomic E-state index is 14.7. The van der Waals surface area contributed by atoms with Crippen LogP contribution in [0.4, 0.5) is 4.39 Å². The number of halogens is 1. The zero-order valence-corrected chi connectivity index (χ0v) is 24.2. The molecule has 4 atom stereocenters. The Labute approximate surface area is 242 Å². The van der Waals surface area contributed by atoms with Gasteiger partial charge in [-0.15, -0.1) is 0 Å². The Bertz CT molecular complexity index is 1160. The van der Waals surface area contributed by atoms with Crippen LogP contribution in [0.2, 0.25) is 0 Å². The molecule has 0 unspecified atom stereocenters. The second-order valence-corrected chi connectivity index (χ2v) is 11.1. The molecular weight excluding hydrogens is 525 g/mol. The van der Waals surface area contributed by atoms with Gasteiger partial charge in [-0.3, -0.25) is 14.5 Å². The highest BCUT2D eigenvalue weighted by Gasteiger charge is 2.50. The minimum atomic E-state index is -0.872. The van der Waals surface area contributed by atoms with E-state index in [1.807, 2.05) is 66.4 Å². The SMILES string of the molecule is COc1ccc(C[C@H](NC[C@H](C)/C=C(\F)CN2CCOCC2)C(=O)N[C@@H](Cc2ccccc2)C(=O)[C@]2(C)CO2)cc1. The summed E-state index contributed by atoms with van der Waals surface area (Å²) in [5.41, 5.74) is 1.01. The van der Waals surface area contributed by atoms with Gasteiger partial charge < -0.3 is 24.8 Å². The molecular formula is C32H42FN3O5. The van der Waals surface area contributed by atoms with Crippen molar-refractivity contribution >= 4 is 11.7 Å². The molecule has 2 heterocycles. The number of morpholine rings is 1. The largest absolute Gasteiger partial charge is 0.497 e. The molecule has 1 amide bonds. The number of rotatable bonds is 15. The van der Waals surface area contributed by atoms with Crippen molar-refractivity contribution in [3.8, 4) is 5.75 Å². The number of Topliss-reactive ketones (excluding diaryl/α,β-unsaturated/α-hetero) is 1. The average Bonchev–Trinajstić information content (AvgIpc) is 3.74. The fourth-order valence-electron chi connectivity index (χ4n) is 4.93. The number of nitrogens with one attached hydrogen (secondary N) is 2. The Hall–Kier alpha value is -3.11. The number of epoxide rings is 1. The van der Waals surface area contributed by atoms with Gasteiger partial charge in [0.05, 0.1) is 45.6 Å². The summed E-state index contributed by atoms with van der Waals surface area (Å²) < 4.78 is 30.8. The third-order valence-corrected chi connectivity index (χ3v) is 7.56. The van der Waals surface area contributed by atoms with Crippen LogP contribution in [0.3, 0.4) is 0 Å². The molecule has 2 N–H and O–H groups in total. The van der Waals surface area contributed by atoms with Gasteiger partial charge in [0.2, 0.25) is 5.91 Å². The highest BCUT2D eigenvalue weighted by atomic mass is 19.1. The van der Waals surface area contributed by atoms with Crippen molar-refractivity contribution in [3.05, 3.63) is 77.6 Å². The summed E-state index contributed by atoms with van der Waals surface area (Å²) in [6.07, 6.45) is 2.37. The summed E-state index contributed by atoms with van der Waals surface area (Å²) in [5.74, 6) is -0.0431. The first-order chi connectivity index (χ1) is 19.8. The number of hydrogen-bond acceptors (Lipinski definition) is 7. The lowest BCUT2D eigenvalue weighted by atomic mass is 9.94. The second kappa shape index (κ2) is 14.7. The molecule has 9 heteroatoms. The van der Waals surface area contributed by atoms with E-state index in [1.165, 1.54) is 0 Å². The molecule has 2 fully saturated rings. The summed E-state index contributed by atoms with van der Waals surface area (Å²) in [6, 6.07) is 15.8. The van der Waals surface area contributed by atoms with Crippen LogP contribution < -0.4 is 15.4 Å². The van der Waals surface area contributed by atoms with E-state index < -0.39 is 17.7 Å². The molecule has 0 saturated carbocycles. The van der Waals surface area contributed by atoms with Gasteiger partial charge in [0.15, 0.2) is 5.78 Å². The molecule has 2 aromatic carbocycles. The van der Waals surface area contributed by atoms with Crippen LogP contribution in [-0.4, -0.2) is 87.4 Å². The first-order valence-corrected chi connectivity index (χ1v) is 14.3. The Balaban J connectivity index is 1.45. The van der Waals surface area contributed by atoms with Crippen molar-refractivity contribution in [2.24, 2.45) is 5.92 Å². The van der Waals surface area contributed by atoms with Crippen LogP contribution in [0.25, 0.3) is 0 Å². The molecule has 222 valence electrons. The van der Waals surface area contributed by atoms with E-state index >= 15 is 0 Å². The van der Waals surface area contributed by atoms with Gasteiger partial charge in [0.25, 0.3) is 0 Å². The van der Waals surface area contributed by atoms with Crippen molar-refractivity contribution in [1.29, 1.82) is 0 Å². The van der Waals surface area contributed by atoms with Crippen molar-refractivity contribution in [2.45, 2.75) is 44.4 Å². The summed E-state index contributed by atoms with van der Waals surface area (Å²) in [6.45, 7) is 7.33. The normalized spacial score (nSPS) is 21.5. The van der Waals surface area contributed by atoms with Gasteiger partial charge in [-0.2, -0.15) is 0 Å². The topological polar surface area (TPSA) is 92.4 Å². The second-order valence-electron chi connectivity index (χ2n) is 11.1. The van der Waals surface area contributed by atoms with Crippen LogP contribution in [0.15, 0.2) is 66.5 Å². The lowest BCUT2D eigenvalue weighted by Gasteiger charge is -2.26. The van der Waals surface area contributed by atoms with Crippen molar-refractivity contribution in [2.75, 3.05) is 53.1 Å². The smallest absolute Gasteiger partial charge is 0.238 e. The lowest BCUT2D eigenvalue weighted by molar-refractivity contribution is -0.131. The monoisotopic (exact) mass is 567 g/mol. The highest BCUT2D eigenvalue weighted by molar-refractivity contribution is 5.97. The molecule has 0 bridgehead atoms. The number of amides is 1. The first kappa shape index (κ1) is 30.8. The summed E-state index contributed by atoms with van der Waals surface area (Å²) in [5, 5.41) is 6.35. The zero-order chi connectivity index (χ0) is 29.2. The Morgan fingerprint density at radius 3 is 2.32 bits per heavy atom. The summed E-state index contributed by atoms with van der Waals surface area (Å²) >= 11 is 0. The number of nitrogens with zero attached hydrogens (tertiary/aromatic N) is 1. The first-order valence-electron chi connectivity index (χ1n) is 14.3. The molecule has 0 radical (unpaired) electrons. The number of ketones is 1. The highest BCUT2D eigenvalue weighted by Crippen LogP contribution is 2.29. The standard InChI is InChI=1S/C32H42FN3O5/c1-23(17-26(33)21-36-13-15-40-16-14-36)20-34-29(19-25-9-11-27(39-3)12-10-25)31(38)35-28(30(37)32(2)22-41-32)18-24-7-5-4-6-8-24/h4-12,17,23,28-29,34H,13-16,18-22H2,1-3H3,(H,35,38)/b26-17-/t23-,28+,29+,32+/m1/s1. The van der Waals surface area contributed by atoms with Gasteiger partial charge in [0.1, 0.15) is 17.2 Å². The fourth-order valence-corrected chi connectivity index (χ4v) is 4.93. The number of carbonyl (C=O) groups excluding carboxylic acids is 2. The van der Waals surface area contributed by atoms with E-state index in [2.05, 4.69) is 10.6 Å². The number of methoxy groups -OCH3 is 1. The summed E-state index contributed by atoms with van der Waals surface area (Å²) in [4.78, 5) is 29.1. The predicted molar refractivity (Wildman–Crippen MR) is 156 cm³/mol. The van der Waals surface area contributed by atoms with Crippen LogP contribution >= 0.6 is 0 Å². The molecule has 8 nitrogen and oxygen atoms in total. The van der Waals surface area contributed by atoms with E-state index in [4.69, 9.17) is 14.2 Å². The predicted octanol–water partition coefficient (Wildman–Crippen LogP) is 3.10. The minimum absolute atomic E-state index is 0.139. The Morgan fingerprint density at radius 2 is 1.68 bits per heavy atom. The zero-order valence-electron chi connectivity index (χ0n) is 24.2. The molecule has 2 aliphatic heterocycles. The molecule has 41 heavy (non-hydrogen) atoms. The van der Waals surface area contributed by atoms with Crippen LogP contribution in [0, 0.1) is 5.92 Å². The maximum Gasteiger partial charge on any atom is 0.238 e.